The molecule has 0 aliphatic carbocycles. The molecule has 0 saturated heterocycles. The third-order valence-electron chi connectivity index (χ3n) is 1.31. The molecule has 7 heteroatoms. The van der Waals surface area contributed by atoms with Crippen molar-refractivity contribution in [1.82, 2.24) is 25.6 Å². The Morgan fingerprint density at radius 2 is 2.54 bits per heavy atom. The number of hydrogen-bond donors (Lipinski definition) is 1. The van der Waals surface area contributed by atoms with E-state index in [1.54, 1.807) is 6.26 Å². The Labute approximate surface area is 78.1 Å². The van der Waals surface area contributed by atoms with Crippen LogP contribution in [0.3, 0.4) is 0 Å². The van der Waals surface area contributed by atoms with Gasteiger partial charge in [-0.05, 0) is 6.92 Å². The van der Waals surface area contributed by atoms with Gasteiger partial charge in [0.15, 0.2) is 5.82 Å². The van der Waals surface area contributed by atoms with Crippen LogP contribution in [0.4, 0.5) is 0 Å². The largest absolute Gasteiger partial charge is 0.440 e. The molecule has 1 N–H and O–H groups in total. The Kier molecular flexibility index (Phi) is 2.26. The van der Waals surface area contributed by atoms with E-state index in [9.17, 15) is 0 Å². The lowest BCUT2D eigenvalue weighted by Crippen LogP contribution is -1.83. The van der Waals surface area contributed by atoms with Gasteiger partial charge in [0.2, 0.25) is 0 Å². The minimum Gasteiger partial charge on any atom is -0.440 e. The molecule has 0 radical (unpaired) electrons. The number of thioether (sulfide) groups is 1. The van der Waals surface area contributed by atoms with Gasteiger partial charge in [0.25, 0.3) is 5.22 Å². The fourth-order valence-corrected chi connectivity index (χ4v) is 1.47. The summed E-state index contributed by atoms with van der Waals surface area (Å²) >= 11 is 1.44. The lowest BCUT2D eigenvalue weighted by Gasteiger charge is -1.88. The molecule has 0 aliphatic rings. The monoisotopic (exact) mass is 197 g/mol. The van der Waals surface area contributed by atoms with Gasteiger partial charge >= 0.3 is 0 Å². The average Bonchev–Trinajstić information content (AvgIpc) is 2.71. The van der Waals surface area contributed by atoms with Gasteiger partial charge in [0, 0.05) is 0 Å². The summed E-state index contributed by atoms with van der Waals surface area (Å²) in [6, 6.07) is 0. The molecule has 68 valence electrons. The van der Waals surface area contributed by atoms with Crippen molar-refractivity contribution in [2.75, 3.05) is 0 Å². The quantitative estimate of drug-likeness (QED) is 0.732. The van der Waals surface area contributed by atoms with E-state index in [0.717, 1.165) is 5.69 Å². The highest BCUT2D eigenvalue weighted by Gasteiger charge is 2.04. The van der Waals surface area contributed by atoms with Crippen molar-refractivity contribution >= 4 is 11.8 Å². The fourth-order valence-electron chi connectivity index (χ4n) is 0.769. The molecule has 0 spiro atoms. The van der Waals surface area contributed by atoms with Gasteiger partial charge in [0.05, 0.1) is 11.4 Å². The van der Waals surface area contributed by atoms with E-state index in [2.05, 4.69) is 25.6 Å². The van der Waals surface area contributed by atoms with Crippen LogP contribution < -0.4 is 0 Å². The van der Waals surface area contributed by atoms with Gasteiger partial charge in [-0.15, -0.1) is 10.2 Å². The molecule has 0 amide bonds. The molecule has 2 aromatic rings. The van der Waals surface area contributed by atoms with Gasteiger partial charge < -0.3 is 4.42 Å². The van der Waals surface area contributed by atoms with Crippen LogP contribution in [0.1, 0.15) is 11.5 Å². The summed E-state index contributed by atoms with van der Waals surface area (Å²) in [5, 5.41) is 14.0. The van der Waals surface area contributed by atoms with Crippen LogP contribution in [-0.2, 0) is 5.75 Å². The number of aromatic amines is 1. The van der Waals surface area contributed by atoms with Gasteiger partial charge in [0.1, 0.15) is 6.26 Å². The minimum absolute atomic E-state index is 0.608. The van der Waals surface area contributed by atoms with Crippen molar-refractivity contribution in [1.29, 1.82) is 0 Å². The van der Waals surface area contributed by atoms with Crippen LogP contribution in [0.15, 0.2) is 15.9 Å². The number of H-pyrrole nitrogens is 1. The van der Waals surface area contributed by atoms with E-state index in [0.29, 0.717) is 16.8 Å². The molecule has 2 rings (SSSR count). The fraction of sp³-hybridized carbons (Fsp3) is 0.333. The lowest BCUT2D eigenvalue weighted by molar-refractivity contribution is 0.454. The molecule has 2 aromatic heterocycles. The molecule has 0 aromatic carbocycles. The van der Waals surface area contributed by atoms with Gasteiger partial charge in [-0.1, -0.05) is 17.0 Å². The molecular formula is C6H7N5OS. The number of hydrogen-bond acceptors (Lipinski definition) is 6. The second-order valence-electron chi connectivity index (χ2n) is 2.37. The summed E-state index contributed by atoms with van der Waals surface area (Å²) in [6.07, 6.45) is 1.61. The molecule has 6 nitrogen and oxygen atoms in total. The molecule has 0 aliphatic heterocycles. The van der Waals surface area contributed by atoms with E-state index >= 15 is 0 Å². The molecule has 0 atom stereocenters. The van der Waals surface area contributed by atoms with Gasteiger partial charge in [-0.25, -0.2) is 4.98 Å². The van der Waals surface area contributed by atoms with Crippen molar-refractivity contribution in [3.63, 3.8) is 0 Å². The summed E-state index contributed by atoms with van der Waals surface area (Å²) in [6.45, 7) is 1.88. The Balaban J connectivity index is 1.93. The maximum Gasteiger partial charge on any atom is 0.256 e. The van der Waals surface area contributed by atoms with Crippen molar-refractivity contribution in [3.8, 4) is 0 Å². The van der Waals surface area contributed by atoms with Crippen LogP contribution >= 0.6 is 11.8 Å². The van der Waals surface area contributed by atoms with E-state index in [-0.39, 0.29) is 0 Å². The summed E-state index contributed by atoms with van der Waals surface area (Å²) in [7, 11) is 0. The first-order valence-corrected chi connectivity index (χ1v) is 4.60. The first-order valence-electron chi connectivity index (χ1n) is 3.62. The molecule has 0 bridgehead atoms. The second kappa shape index (κ2) is 3.56. The van der Waals surface area contributed by atoms with Crippen molar-refractivity contribution < 1.29 is 4.42 Å². The topological polar surface area (TPSA) is 80.5 Å². The highest BCUT2D eigenvalue weighted by molar-refractivity contribution is 7.98. The highest BCUT2D eigenvalue weighted by atomic mass is 32.2. The van der Waals surface area contributed by atoms with Crippen LogP contribution in [0.5, 0.6) is 0 Å². The number of nitrogens with zero attached hydrogens (tertiary/aromatic N) is 4. The second-order valence-corrected chi connectivity index (χ2v) is 3.30. The maximum absolute atomic E-state index is 5.13. The van der Waals surface area contributed by atoms with Crippen LogP contribution in [0, 0.1) is 6.92 Å². The number of tetrazole rings is 1. The number of aryl methyl sites for hydroxylation is 1. The zero-order chi connectivity index (χ0) is 9.10. The molecular weight excluding hydrogens is 190 g/mol. The Morgan fingerprint density at radius 1 is 1.62 bits per heavy atom. The van der Waals surface area contributed by atoms with E-state index in [1.165, 1.54) is 11.8 Å². The first-order chi connectivity index (χ1) is 6.34. The van der Waals surface area contributed by atoms with E-state index in [4.69, 9.17) is 4.42 Å². The summed E-state index contributed by atoms with van der Waals surface area (Å²) in [5.74, 6) is 1.25. The van der Waals surface area contributed by atoms with E-state index < -0.39 is 0 Å². The zero-order valence-electron chi connectivity index (χ0n) is 6.89. The molecule has 0 unspecified atom stereocenters. The van der Waals surface area contributed by atoms with Crippen molar-refractivity contribution in [3.05, 3.63) is 17.8 Å². The predicted octanol–water partition coefficient (Wildman–Crippen LogP) is 0.788. The molecule has 0 fully saturated rings. The normalized spacial score (nSPS) is 10.5. The standard InChI is InChI=1S/C6H7N5OS/c1-4-2-12-6(7-4)13-3-5-8-10-11-9-5/h2H,3H2,1H3,(H,8,9,10,11). The predicted molar refractivity (Wildman–Crippen MR) is 45.0 cm³/mol. The number of aromatic nitrogens is 5. The van der Waals surface area contributed by atoms with Gasteiger partial charge in [-0.2, -0.15) is 5.21 Å². The summed E-state index contributed by atoms with van der Waals surface area (Å²) in [5.41, 5.74) is 0.871. The van der Waals surface area contributed by atoms with Crippen LogP contribution in [0.2, 0.25) is 0 Å². The Bertz CT molecular complexity index is 370. The Hall–Kier alpha value is -1.37. The summed E-state index contributed by atoms with van der Waals surface area (Å²) in [4.78, 5) is 4.12. The molecule has 0 saturated carbocycles. The van der Waals surface area contributed by atoms with Crippen molar-refractivity contribution in [2.45, 2.75) is 17.9 Å². The molecule has 2 heterocycles. The average molecular weight is 197 g/mol. The SMILES string of the molecule is Cc1coc(SCc2nn[nH]n2)n1. The zero-order valence-corrected chi connectivity index (χ0v) is 7.71. The van der Waals surface area contributed by atoms with Crippen molar-refractivity contribution in [2.24, 2.45) is 0 Å². The van der Waals surface area contributed by atoms with Crippen LogP contribution in [-0.4, -0.2) is 25.6 Å². The Morgan fingerprint density at radius 3 is 3.15 bits per heavy atom. The number of oxazole rings is 1. The smallest absolute Gasteiger partial charge is 0.256 e. The number of rotatable bonds is 3. The summed E-state index contributed by atoms with van der Waals surface area (Å²) < 4.78 is 5.13. The maximum atomic E-state index is 5.13. The third kappa shape index (κ3) is 2.05. The van der Waals surface area contributed by atoms with Gasteiger partial charge in [-0.3, -0.25) is 0 Å². The highest BCUT2D eigenvalue weighted by Crippen LogP contribution is 2.19. The number of nitrogens with one attached hydrogen (secondary N) is 1. The molecule has 13 heavy (non-hydrogen) atoms. The third-order valence-corrected chi connectivity index (χ3v) is 2.15. The minimum atomic E-state index is 0.608. The lowest BCUT2D eigenvalue weighted by atomic mass is 10.6. The van der Waals surface area contributed by atoms with Crippen LogP contribution in [0.25, 0.3) is 0 Å². The van der Waals surface area contributed by atoms with E-state index in [1.807, 2.05) is 6.92 Å². The first kappa shape index (κ1) is 8.24.